The van der Waals surface area contributed by atoms with Crippen molar-refractivity contribution in [3.63, 3.8) is 0 Å². The Morgan fingerprint density at radius 1 is 1.06 bits per heavy atom. The Morgan fingerprint density at radius 2 is 1.74 bits per heavy atom. The lowest BCUT2D eigenvalue weighted by Crippen LogP contribution is -2.39. The van der Waals surface area contributed by atoms with Gasteiger partial charge < -0.3 is 19.6 Å². The Balaban J connectivity index is 1.74. The molecule has 2 aromatic heterocycles. The van der Waals surface area contributed by atoms with E-state index in [-0.39, 0.29) is 11.7 Å². The highest BCUT2D eigenvalue weighted by Gasteiger charge is 2.26. The number of hydrogen-bond acceptors (Lipinski definition) is 4. The third kappa shape index (κ3) is 3.82. The van der Waals surface area contributed by atoms with Crippen molar-refractivity contribution >= 4 is 16.9 Å². The van der Waals surface area contributed by atoms with E-state index in [2.05, 4.69) is 5.32 Å². The van der Waals surface area contributed by atoms with Crippen LogP contribution in [0.3, 0.4) is 0 Å². The molecule has 1 amide bonds. The van der Waals surface area contributed by atoms with Crippen molar-refractivity contribution in [3.05, 3.63) is 94.2 Å². The Morgan fingerprint density at radius 3 is 2.42 bits per heavy atom. The average molecular weight is 416 g/mol. The normalized spacial score (nSPS) is 13.1. The maximum Gasteiger partial charge on any atom is 0.255 e. The molecule has 0 aliphatic heterocycles. The van der Waals surface area contributed by atoms with E-state index in [0.717, 1.165) is 22.7 Å². The van der Waals surface area contributed by atoms with Crippen LogP contribution < -0.4 is 10.9 Å². The fourth-order valence-corrected chi connectivity index (χ4v) is 3.94. The molecule has 0 aliphatic carbocycles. The van der Waals surface area contributed by atoms with Gasteiger partial charge in [0.15, 0.2) is 0 Å². The molecule has 158 valence electrons. The topological polar surface area (TPSA) is 89.2 Å². The molecule has 7 heteroatoms. The van der Waals surface area contributed by atoms with Gasteiger partial charge in [0.25, 0.3) is 5.56 Å². The summed E-state index contributed by atoms with van der Waals surface area (Å²) in [6, 6.07) is 18.7. The van der Waals surface area contributed by atoms with E-state index in [4.69, 9.17) is 4.98 Å². The molecule has 2 heterocycles. The SMILES string of the molecule is Cc1cc(O)cc(=O)n1[C@@H](C)C(=O)N[C@H](c1ccccc1)c1nc2ccccc2n1C. The summed E-state index contributed by atoms with van der Waals surface area (Å²) < 4.78 is 3.34. The molecular formula is C24H24N4O3. The van der Waals surface area contributed by atoms with Crippen LogP contribution in [0, 0.1) is 6.92 Å². The minimum Gasteiger partial charge on any atom is -0.508 e. The number of carbonyl (C=O) groups is 1. The molecule has 2 aromatic carbocycles. The molecule has 4 rings (SSSR count). The number of amides is 1. The molecule has 7 nitrogen and oxygen atoms in total. The summed E-state index contributed by atoms with van der Waals surface area (Å²) >= 11 is 0. The smallest absolute Gasteiger partial charge is 0.255 e. The van der Waals surface area contributed by atoms with E-state index in [1.165, 1.54) is 10.6 Å². The van der Waals surface area contributed by atoms with Crippen LogP contribution >= 0.6 is 0 Å². The third-order valence-corrected chi connectivity index (χ3v) is 5.51. The Bertz CT molecular complexity index is 1310. The van der Waals surface area contributed by atoms with Crippen molar-refractivity contribution < 1.29 is 9.90 Å². The van der Waals surface area contributed by atoms with Crippen molar-refractivity contribution in [2.24, 2.45) is 7.05 Å². The van der Waals surface area contributed by atoms with Crippen LogP contribution in [0.2, 0.25) is 0 Å². The van der Waals surface area contributed by atoms with Gasteiger partial charge in [-0.2, -0.15) is 0 Å². The zero-order chi connectivity index (χ0) is 22.1. The van der Waals surface area contributed by atoms with Crippen LogP contribution in [0.5, 0.6) is 5.75 Å². The van der Waals surface area contributed by atoms with Crippen LogP contribution in [-0.2, 0) is 11.8 Å². The van der Waals surface area contributed by atoms with Gasteiger partial charge in [0.2, 0.25) is 5.91 Å². The Kier molecular flexibility index (Phi) is 5.33. The third-order valence-electron chi connectivity index (χ3n) is 5.51. The summed E-state index contributed by atoms with van der Waals surface area (Å²) in [6.45, 7) is 3.35. The van der Waals surface area contributed by atoms with Crippen LogP contribution in [0.1, 0.15) is 36.1 Å². The first-order valence-electron chi connectivity index (χ1n) is 10.1. The number of pyridine rings is 1. The molecule has 2 atom stereocenters. The molecule has 0 saturated carbocycles. The number of aromatic nitrogens is 3. The maximum absolute atomic E-state index is 13.2. The van der Waals surface area contributed by atoms with E-state index in [0.29, 0.717) is 11.5 Å². The van der Waals surface area contributed by atoms with Crippen molar-refractivity contribution in [2.45, 2.75) is 25.9 Å². The van der Waals surface area contributed by atoms with Gasteiger partial charge in [-0.1, -0.05) is 42.5 Å². The number of benzene rings is 2. The molecule has 2 N–H and O–H groups in total. The van der Waals surface area contributed by atoms with E-state index in [1.54, 1.807) is 13.8 Å². The zero-order valence-electron chi connectivity index (χ0n) is 17.6. The number of aromatic hydroxyl groups is 1. The number of para-hydroxylation sites is 2. The van der Waals surface area contributed by atoms with Crippen LogP contribution in [0.4, 0.5) is 0 Å². The van der Waals surface area contributed by atoms with Gasteiger partial charge in [-0.25, -0.2) is 4.98 Å². The lowest BCUT2D eigenvalue weighted by Gasteiger charge is -2.23. The molecule has 0 radical (unpaired) electrons. The van der Waals surface area contributed by atoms with Gasteiger partial charge in [-0.3, -0.25) is 9.59 Å². The number of nitrogens with zero attached hydrogens (tertiary/aromatic N) is 3. The van der Waals surface area contributed by atoms with Crippen LogP contribution in [0.25, 0.3) is 11.0 Å². The fourth-order valence-electron chi connectivity index (χ4n) is 3.94. The molecule has 0 spiro atoms. The lowest BCUT2D eigenvalue weighted by molar-refractivity contribution is -0.124. The summed E-state index contributed by atoms with van der Waals surface area (Å²) in [5, 5.41) is 12.7. The fraction of sp³-hybridized carbons (Fsp3) is 0.208. The zero-order valence-corrected chi connectivity index (χ0v) is 17.6. The monoisotopic (exact) mass is 416 g/mol. The first-order valence-corrected chi connectivity index (χ1v) is 10.1. The summed E-state index contributed by atoms with van der Waals surface area (Å²) in [6.07, 6.45) is 0. The summed E-state index contributed by atoms with van der Waals surface area (Å²) in [5.74, 6) is 0.257. The minimum absolute atomic E-state index is 0.117. The summed E-state index contributed by atoms with van der Waals surface area (Å²) in [4.78, 5) is 30.4. The van der Waals surface area contributed by atoms with Gasteiger partial charge >= 0.3 is 0 Å². The molecule has 31 heavy (non-hydrogen) atoms. The largest absolute Gasteiger partial charge is 0.508 e. The number of carbonyl (C=O) groups excluding carboxylic acids is 1. The predicted molar refractivity (Wildman–Crippen MR) is 119 cm³/mol. The van der Waals surface area contributed by atoms with Crippen molar-refractivity contribution in [1.82, 2.24) is 19.4 Å². The Labute approximate surface area is 179 Å². The summed E-state index contributed by atoms with van der Waals surface area (Å²) in [5.41, 5.74) is 2.77. The quantitative estimate of drug-likeness (QED) is 0.523. The van der Waals surface area contributed by atoms with Gasteiger partial charge in [-0.15, -0.1) is 0 Å². The maximum atomic E-state index is 13.2. The van der Waals surface area contributed by atoms with E-state index >= 15 is 0 Å². The number of nitrogens with one attached hydrogen (secondary N) is 1. The van der Waals surface area contributed by atoms with Gasteiger partial charge in [0.1, 0.15) is 23.7 Å². The van der Waals surface area contributed by atoms with Crippen molar-refractivity contribution in [3.8, 4) is 5.75 Å². The molecule has 4 aromatic rings. The molecule has 0 saturated heterocycles. The molecular weight excluding hydrogens is 392 g/mol. The van der Waals surface area contributed by atoms with Gasteiger partial charge in [-0.05, 0) is 37.6 Å². The number of aryl methyl sites for hydroxylation is 2. The number of fused-ring (bicyclic) bond motifs is 1. The highest BCUT2D eigenvalue weighted by Crippen LogP contribution is 2.26. The number of imidazole rings is 1. The molecule has 0 fully saturated rings. The number of rotatable bonds is 5. The van der Waals surface area contributed by atoms with E-state index < -0.39 is 17.6 Å². The molecule has 0 aliphatic rings. The first-order chi connectivity index (χ1) is 14.9. The standard InChI is InChI=1S/C24H24N4O3/c1-15-13-18(29)14-21(30)28(15)16(2)24(31)26-22(17-9-5-4-6-10-17)23-25-19-11-7-8-12-20(19)27(23)3/h4-14,16,22,29H,1-3H3,(H,26,31)/t16-,22+/m0/s1. The molecule has 0 bridgehead atoms. The first kappa shape index (κ1) is 20.4. The van der Waals surface area contributed by atoms with Crippen LogP contribution in [0.15, 0.2) is 71.5 Å². The Hall–Kier alpha value is -3.87. The van der Waals surface area contributed by atoms with Gasteiger partial charge in [0, 0.05) is 18.8 Å². The average Bonchev–Trinajstić information content (AvgIpc) is 3.08. The van der Waals surface area contributed by atoms with Crippen LogP contribution in [-0.4, -0.2) is 25.1 Å². The second-order valence-corrected chi connectivity index (χ2v) is 7.61. The lowest BCUT2D eigenvalue weighted by atomic mass is 10.1. The van der Waals surface area contributed by atoms with Crippen molar-refractivity contribution in [2.75, 3.05) is 0 Å². The highest BCUT2D eigenvalue weighted by molar-refractivity contribution is 5.81. The van der Waals surface area contributed by atoms with E-state index in [1.807, 2.05) is 66.2 Å². The minimum atomic E-state index is -0.769. The second kappa shape index (κ2) is 8.10. The van der Waals surface area contributed by atoms with E-state index in [9.17, 15) is 14.7 Å². The molecule has 0 unspecified atom stereocenters. The van der Waals surface area contributed by atoms with Gasteiger partial charge in [0.05, 0.1) is 11.0 Å². The predicted octanol–water partition coefficient (Wildman–Crippen LogP) is 3.22. The second-order valence-electron chi connectivity index (χ2n) is 7.61. The number of hydrogen-bond donors (Lipinski definition) is 2. The highest BCUT2D eigenvalue weighted by atomic mass is 16.3. The summed E-state index contributed by atoms with van der Waals surface area (Å²) in [7, 11) is 1.92. The van der Waals surface area contributed by atoms with Crippen molar-refractivity contribution in [1.29, 1.82) is 0 Å².